The van der Waals surface area contributed by atoms with Crippen LogP contribution in [0.5, 0.6) is 0 Å². The van der Waals surface area contributed by atoms with Crippen molar-refractivity contribution in [3.63, 3.8) is 0 Å². The van der Waals surface area contributed by atoms with Gasteiger partial charge < -0.3 is 0 Å². The molecular weight excluding hydrogens is 354 g/mol. The van der Waals surface area contributed by atoms with Crippen molar-refractivity contribution in [2.75, 3.05) is 4.90 Å². The maximum Gasteiger partial charge on any atom is 0.260 e. The first-order valence-corrected chi connectivity index (χ1v) is 9.57. The molecule has 4 nitrogen and oxygen atoms in total. The van der Waals surface area contributed by atoms with Crippen molar-refractivity contribution in [2.45, 2.75) is 20.4 Å². The van der Waals surface area contributed by atoms with Crippen molar-refractivity contribution in [3.05, 3.63) is 89.2 Å². The molecule has 0 atom stereocenters. The molecule has 0 fully saturated rings. The minimum atomic E-state index is -0.0634. The summed E-state index contributed by atoms with van der Waals surface area (Å²) in [5, 5.41) is 0.686. The van der Waals surface area contributed by atoms with Crippen LogP contribution >= 0.6 is 11.3 Å². The molecule has 0 bridgehead atoms. The molecule has 134 valence electrons. The number of nitrogens with zero attached hydrogens (tertiary/aromatic N) is 3. The Morgan fingerprint density at radius 1 is 1.00 bits per heavy atom. The SMILES string of the molecule is Cc1cc(C)cc(C(=O)N(Cc2ccccn2)c2nc3ccccc3s2)c1. The summed E-state index contributed by atoms with van der Waals surface area (Å²) in [4.78, 5) is 24.2. The molecule has 0 saturated carbocycles. The molecule has 0 saturated heterocycles. The van der Waals surface area contributed by atoms with E-state index in [2.05, 4.69) is 11.1 Å². The van der Waals surface area contributed by atoms with Crippen LogP contribution < -0.4 is 4.90 Å². The van der Waals surface area contributed by atoms with Gasteiger partial charge in [-0.05, 0) is 50.2 Å². The third-order valence-corrected chi connectivity index (χ3v) is 5.33. The summed E-state index contributed by atoms with van der Waals surface area (Å²) in [6.07, 6.45) is 1.74. The molecule has 0 aliphatic heterocycles. The summed E-state index contributed by atoms with van der Waals surface area (Å²) in [6.45, 7) is 4.39. The Balaban J connectivity index is 1.78. The van der Waals surface area contributed by atoms with Crippen LogP contribution in [0.1, 0.15) is 27.2 Å². The molecule has 1 amide bonds. The van der Waals surface area contributed by atoms with Crippen LogP contribution in [0.4, 0.5) is 5.13 Å². The fraction of sp³-hybridized carbons (Fsp3) is 0.136. The van der Waals surface area contributed by atoms with E-state index in [0.717, 1.165) is 27.0 Å². The maximum absolute atomic E-state index is 13.4. The monoisotopic (exact) mass is 373 g/mol. The largest absolute Gasteiger partial charge is 0.278 e. The Bertz CT molecular complexity index is 1050. The lowest BCUT2D eigenvalue weighted by atomic mass is 10.1. The average molecular weight is 373 g/mol. The molecule has 2 aromatic carbocycles. The first-order valence-electron chi connectivity index (χ1n) is 8.76. The second-order valence-electron chi connectivity index (χ2n) is 6.55. The fourth-order valence-corrected chi connectivity index (χ4v) is 4.07. The molecule has 0 unspecified atom stereocenters. The molecule has 0 aliphatic carbocycles. The molecular formula is C22H19N3OS. The van der Waals surface area contributed by atoms with Gasteiger partial charge in [0.05, 0.1) is 22.5 Å². The third-order valence-electron chi connectivity index (χ3n) is 4.27. The predicted molar refractivity (Wildman–Crippen MR) is 110 cm³/mol. The lowest BCUT2D eigenvalue weighted by Gasteiger charge is -2.20. The van der Waals surface area contributed by atoms with Crippen molar-refractivity contribution in [2.24, 2.45) is 0 Å². The van der Waals surface area contributed by atoms with Gasteiger partial charge in [0.2, 0.25) is 0 Å². The van der Waals surface area contributed by atoms with Gasteiger partial charge in [-0.15, -0.1) is 0 Å². The molecule has 0 aliphatic rings. The number of thiazole rings is 1. The zero-order chi connectivity index (χ0) is 18.8. The standard InChI is InChI=1S/C22H19N3OS/c1-15-11-16(2)13-17(12-15)21(26)25(14-18-7-5-6-10-23-18)22-24-19-8-3-4-9-20(19)27-22/h3-13H,14H2,1-2H3. The van der Waals surface area contributed by atoms with E-state index >= 15 is 0 Å². The molecule has 0 radical (unpaired) electrons. The van der Waals surface area contributed by atoms with E-state index in [-0.39, 0.29) is 5.91 Å². The number of anilines is 1. The molecule has 4 aromatic rings. The Morgan fingerprint density at radius 3 is 2.44 bits per heavy atom. The highest BCUT2D eigenvalue weighted by molar-refractivity contribution is 7.22. The van der Waals surface area contributed by atoms with Gasteiger partial charge in [0.1, 0.15) is 0 Å². The summed E-state index contributed by atoms with van der Waals surface area (Å²) in [5.74, 6) is -0.0634. The summed E-state index contributed by atoms with van der Waals surface area (Å²) in [6, 6.07) is 19.6. The molecule has 27 heavy (non-hydrogen) atoms. The van der Waals surface area contributed by atoms with Gasteiger partial charge in [0.15, 0.2) is 5.13 Å². The number of rotatable bonds is 4. The highest BCUT2D eigenvalue weighted by atomic mass is 32.1. The van der Waals surface area contributed by atoms with Crippen molar-refractivity contribution >= 4 is 32.6 Å². The molecule has 5 heteroatoms. The Morgan fingerprint density at radius 2 is 1.74 bits per heavy atom. The second-order valence-corrected chi connectivity index (χ2v) is 7.56. The first kappa shape index (κ1) is 17.4. The van der Waals surface area contributed by atoms with Crippen molar-refractivity contribution < 1.29 is 4.79 Å². The van der Waals surface area contributed by atoms with Crippen LogP contribution in [0.15, 0.2) is 66.9 Å². The molecule has 2 aromatic heterocycles. The molecule has 4 rings (SSSR count). The lowest BCUT2D eigenvalue weighted by molar-refractivity contribution is 0.0984. The van der Waals surface area contributed by atoms with Gasteiger partial charge in [-0.25, -0.2) is 4.98 Å². The molecule has 2 heterocycles. The summed E-state index contributed by atoms with van der Waals surface area (Å²) < 4.78 is 1.06. The number of amides is 1. The maximum atomic E-state index is 13.4. The quantitative estimate of drug-likeness (QED) is 0.497. The van der Waals surface area contributed by atoms with Gasteiger partial charge in [-0.3, -0.25) is 14.7 Å². The van der Waals surface area contributed by atoms with Gasteiger partial charge >= 0.3 is 0 Å². The topological polar surface area (TPSA) is 46.1 Å². The summed E-state index contributed by atoms with van der Waals surface area (Å²) in [5.41, 5.74) is 4.54. The predicted octanol–water partition coefficient (Wildman–Crippen LogP) is 5.16. The number of fused-ring (bicyclic) bond motifs is 1. The zero-order valence-electron chi connectivity index (χ0n) is 15.2. The summed E-state index contributed by atoms with van der Waals surface area (Å²) >= 11 is 1.52. The number of aryl methyl sites for hydroxylation is 2. The smallest absolute Gasteiger partial charge is 0.260 e. The average Bonchev–Trinajstić information content (AvgIpc) is 3.09. The van der Waals surface area contributed by atoms with Gasteiger partial charge in [-0.1, -0.05) is 46.7 Å². The van der Waals surface area contributed by atoms with E-state index in [0.29, 0.717) is 17.2 Å². The second kappa shape index (κ2) is 7.29. The minimum absolute atomic E-state index is 0.0634. The van der Waals surface area contributed by atoms with Crippen molar-refractivity contribution in [1.29, 1.82) is 0 Å². The van der Waals surface area contributed by atoms with Crippen molar-refractivity contribution in [3.8, 4) is 0 Å². The Hall–Kier alpha value is -3.05. The first-order chi connectivity index (χ1) is 13.1. The van der Waals surface area contributed by atoms with E-state index in [4.69, 9.17) is 4.98 Å². The highest BCUT2D eigenvalue weighted by Gasteiger charge is 2.22. The van der Waals surface area contributed by atoms with Gasteiger partial charge in [-0.2, -0.15) is 0 Å². The highest BCUT2D eigenvalue weighted by Crippen LogP contribution is 2.30. The number of hydrogen-bond acceptors (Lipinski definition) is 4. The number of pyridine rings is 1. The number of carbonyl (C=O) groups excluding carboxylic acids is 1. The van der Waals surface area contributed by atoms with E-state index in [1.165, 1.54) is 11.3 Å². The van der Waals surface area contributed by atoms with E-state index < -0.39 is 0 Å². The normalized spacial score (nSPS) is 10.9. The Kier molecular flexibility index (Phi) is 4.69. The van der Waals surface area contributed by atoms with Crippen LogP contribution in [0.25, 0.3) is 10.2 Å². The zero-order valence-corrected chi connectivity index (χ0v) is 16.0. The van der Waals surface area contributed by atoms with Crippen LogP contribution in [-0.4, -0.2) is 15.9 Å². The number of benzene rings is 2. The number of hydrogen-bond donors (Lipinski definition) is 0. The van der Waals surface area contributed by atoms with E-state index in [9.17, 15) is 4.79 Å². The Labute approximate surface area is 162 Å². The number of aromatic nitrogens is 2. The summed E-state index contributed by atoms with van der Waals surface area (Å²) in [7, 11) is 0. The van der Waals surface area contributed by atoms with Crippen LogP contribution in [0.2, 0.25) is 0 Å². The van der Waals surface area contributed by atoms with E-state index in [1.54, 1.807) is 11.1 Å². The van der Waals surface area contributed by atoms with Crippen LogP contribution in [0.3, 0.4) is 0 Å². The van der Waals surface area contributed by atoms with E-state index in [1.807, 2.05) is 68.4 Å². The van der Waals surface area contributed by atoms with Gasteiger partial charge in [0.25, 0.3) is 5.91 Å². The van der Waals surface area contributed by atoms with Crippen LogP contribution in [-0.2, 0) is 6.54 Å². The fourth-order valence-electron chi connectivity index (χ4n) is 3.11. The lowest BCUT2D eigenvalue weighted by Crippen LogP contribution is -2.30. The third kappa shape index (κ3) is 3.73. The van der Waals surface area contributed by atoms with Gasteiger partial charge in [0, 0.05) is 11.8 Å². The molecule has 0 N–H and O–H groups in total. The number of carbonyl (C=O) groups is 1. The minimum Gasteiger partial charge on any atom is -0.278 e. The van der Waals surface area contributed by atoms with Crippen LogP contribution in [0, 0.1) is 13.8 Å². The van der Waals surface area contributed by atoms with Crippen molar-refractivity contribution in [1.82, 2.24) is 9.97 Å². The molecule has 0 spiro atoms. The number of para-hydroxylation sites is 1.